The molecule has 16 heavy (non-hydrogen) atoms. The number of carbonyl (C=O) groups is 1. The minimum Gasteiger partial charge on any atom is -0.476 e. The van der Waals surface area contributed by atoms with Crippen molar-refractivity contribution in [1.29, 1.82) is 0 Å². The van der Waals surface area contributed by atoms with Gasteiger partial charge in [-0.05, 0) is 6.07 Å². The zero-order chi connectivity index (χ0) is 10.6. The lowest BCUT2D eigenvalue weighted by Crippen LogP contribution is -2.18. The van der Waals surface area contributed by atoms with Gasteiger partial charge in [0, 0.05) is 6.20 Å². The first-order valence-electron chi connectivity index (χ1n) is 3.58. The van der Waals surface area contributed by atoms with Crippen molar-refractivity contribution in [2.24, 2.45) is 5.16 Å². The molecule has 0 unspecified atom stereocenters. The van der Waals surface area contributed by atoms with E-state index >= 15 is 0 Å². The van der Waals surface area contributed by atoms with E-state index in [0.717, 1.165) is 0 Å². The van der Waals surface area contributed by atoms with E-state index in [-0.39, 0.29) is 28.3 Å². The van der Waals surface area contributed by atoms with E-state index in [1.54, 1.807) is 0 Å². The molecule has 0 aliphatic rings. The summed E-state index contributed by atoms with van der Waals surface area (Å²) in [5, 5.41) is 12.0. The second-order valence-electron chi connectivity index (χ2n) is 2.23. The molecule has 7 N–H and O–H groups in total. The number of carboxylic acid groups (broad SMARTS) is 1. The van der Waals surface area contributed by atoms with Crippen LogP contribution in [0.3, 0.4) is 0 Å². The summed E-state index contributed by atoms with van der Waals surface area (Å²) in [6, 6.07) is 1.44. The van der Waals surface area contributed by atoms with Crippen molar-refractivity contribution in [3.63, 3.8) is 0 Å². The van der Waals surface area contributed by atoms with Crippen LogP contribution in [0.25, 0.3) is 0 Å². The van der Waals surface area contributed by atoms with Gasteiger partial charge in [-0.3, -0.25) is 0 Å². The summed E-state index contributed by atoms with van der Waals surface area (Å²) in [6.07, 6.45) is 1.34. The largest absolute Gasteiger partial charge is 0.476 e. The van der Waals surface area contributed by atoms with Crippen LogP contribution in [0.2, 0.25) is 0 Å². The lowest BCUT2D eigenvalue weighted by molar-refractivity contribution is -0.129. The van der Waals surface area contributed by atoms with E-state index < -0.39 is 5.97 Å². The van der Waals surface area contributed by atoms with Crippen LogP contribution in [0.15, 0.2) is 17.4 Å². The fraction of sp³-hybridized carbons (Fsp3) is 0.143. The molecule has 1 heterocycles. The van der Waals surface area contributed by atoms with E-state index in [0.29, 0.717) is 0 Å². The second kappa shape index (κ2) is 7.09. The number of nitrogens with two attached hydrogens (primary N) is 1. The molecule has 1 aromatic rings. The Bertz CT molecular complexity index is 381. The third-order valence-corrected chi connectivity index (χ3v) is 1.27. The number of oxime groups is 1. The van der Waals surface area contributed by atoms with Gasteiger partial charge in [-0.1, -0.05) is 5.16 Å². The highest BCUT2D eigenvalue weighted by molar-refractivity contribution is 6.41. The first-order chi connectivity index (χ1) is 6.65. The number of rotatable bonds is 3. The van der Waals surface area contributed by atoms with Crippen LogP contribution in [0.5, 0.6) is 0 Å². The summed E-state index contributed by atoms with van der Waals surface area (Å²) in [6.45, 7) is 0. The van der Waals surface area contributed by atoms with Crippen molar-refractivity contribution in [2.45, 2.75) is 0 Å². The van der Waals surface area contributed by atoms with Crippen LogP contribution >= 0.6 is 0 Å². The Balaban J connectivity index is 0. The zero-order valence-corrected chi connectivity index (χ0v) is 8.34. The molecule has 0 aliphatic carbocycles. The first-order valence-corrected chi connectivity index (χ1v) is 3.58. The summed E-state index contributed by atoms with van der Waals surface area (Å²) in [5.74, 6) is -1.20. The third kappa shape index (κ3) is 3.86. The van der Waals surface area contributed by atoms with E-state index in [9.17, 15) is 4.79 Å². The molecule has 9 heteroatoms. The van der Waals surface area contributed by atoms with E-state index in [4.69, 9.17) is 10.8 Å². The second-order valence-corrected chi connectivity index (χ2v) is 2.23. The molecule has 0 atom stereocenters. The average Bonchev–Trinajstić information content (AvgIpc) is 2.13. The van der Waals surface area contributed by atoms with E-state index in [1.807, 2.05) is 0 Å². The Morgan fingerprint density at radius 3 is 2.62 bits per heavy atom. The molecule has 1 rings (SSSR count). The van der Waals surface area contributed by atoms with Crippen LogP contribution in [0, 0.1) is 0 Å². The fourth-order valence-electron chi connectivity index (χ4n) is 0.754. The molecule has 0 aliphatic heterocycles. The molecule has 0 saturated heterocycles. The summed E-state index contributed by atoms with van der Waals surface area (Å²) in [7, 11) is 1.23. The smallest absolute Gasteiger partial charge is 0.361 e. The van der Waals surface area contributed by atoms with Crippen molar-refractivity contribution in [1.82, 2.24) is 9.97 Å². The van der Waals surface area contributed by atoms with Crippen LogP contribution < -0.4 is 5.73 Å². The lowest BCUT2D eigenvalue weighted by atomic mass is 10.3. The molecule has 90 valence electrons. The molecular weight excluding hydrogens is 220 g/mol. The van der Waals surface area contributed by atoms with Gasteiger partial charge in [0.05, 0.1) is 0 Å². The van der Waals surface area contributed by atoms with E-state index in [1.165, 1.54) is 19.4 Å². The number of hydrogen-bond donors (Lipinski definition) is 2. The number of aromatic nitrogens is 2. The molecule has 9 nitrogen and oxygen atoms in total. The van der Waals surface area contributed by atoms with Gasteiger partial charge in [0.25, 0.3) is 0 Å². The number of aliphatic carboxylic acids is 1. The summed E-state index contributed by atoms with van der Waals surface area (Å²) < 4.78 is 0. The number of nitrogens with zero attached hydrogens (tertiary/aromatic N) is 3. The number of hydrogen-bond acceptors (Lipinski definition) is 6. The van der Waals surface area contributed by atoms with Crippen molar-refractivity contribution in [3.05, 3.63) is 18.1 Å². The van der Waals surface area contributed by atoms with Crippen LogP contribution in [-0.2, 0) is 9.63 Å². The highest BCUT2D eigenvalue weighted by atomic mass is 16.6. The van der Waals surface area contributed by atoms with Crippen LogP contribution in [-0.4, -0.2) is 44.8 Å². The maximum Gasteiger partial charge on any atom is 0.361 e. The Morgan fingerprint density at radius 2 is 2.19 bits per heavy atom. The standard InChI is InChI=1S/C7H8N4O3.2H2O/c1-14-11-5(7(12)13)6-9-3-2-4(8)10-6;;/h2-3H,1H3,(H,12,13)(H2,8,9,10);2*1H2/b11-5-;;. The molecule has 0 amide bonds. The van der Waals surface area contributed by atoms with Crippen molar-refractivity contribution >= 4 is 17.5 Å². The monoisotopic (exact) mass is 232 g/mol. The summed E-state index contributed by atoms with van der Waals surface area (Å²) >= 11 is 0. The molecule has 1 aromatic heterocycles. The minimum absolute atomic E-state index is 0. The van der Waals surface area contributed by atoms with Gasteiger partial charge in [0.15, 0.2) is 5.82 Å². The number of nitrogen functional groups attached to an aromatic ring is 1. The number of carboxylic acids is 1. The van der Waals surface area contributed by atoms with Crippen LogP contribution in [0.1, 0.15) is 5.82 Å². The molecule has 0 radical (unpaired) electrons. The Morgan fingerprint density at radius 1 is 1.56 bits per heavy atom. The van der Waals surface area contributed by atoms with E-state index in [2.05, 4.69) is 20.0 Å². The normalized spacial score (nSPS) is 9.69. The predicted molar refractivity (Wildman–Crippen MR) is 54.9 cm³/mol. The topological polar surface area (TPSA) is 174 Å². The third-order valence-electron chi connectivity index (χ3n) is 1.27. The highest BCUT2D eigenvalue weighted by Gasteiger charge is 2.16. The van der Waals surface area contributed by atoms with Crippen molar-refractivity contribution < 1.29 is 25.7 Å². The van der Waals surface area contributed by atoms with Gasteiger partial charge in [0.1, 0.15) is 12.9 Å². The van der Waals surface area contributed by atoms with Gasteiger partial charge in [0.2, 0.25) is 5.71 Å². The predicted octanol–water partition coefficient (Wildman–Crippen LogP) is -2.16. The maximum atomic E-state index is 10.7. The Hall–Kier alpha value is -2.26. The van der Waals surface area contributed by atoms with Gasteiger partial charge in [-0.2, -0.15) is 0 Å². The molecule has 0 saturated carbocycles. The molecule has 0 spiro atoms. The fourth-order valence-corrected chi connectivity index (χ4v) is 0.754. The highest BCUT2D eigenvalue weighted by Crippen LogP contribution is 1.99. The van der Waals surface area contributed by atoms with Gasteiger partial charge < -0.3 is 26.6 Å². The molecule has 0 bridgehead atoms. The van der Waals surface area contributed by atoms with Gasteiger partial charge >= 0.3 is 5.97 Å². The van der Waals surface area contributed by atoms with Gasteiger partial charge in [-0.25, -0.2) is 14.8 Å². The lowest BCUT2D eigenvalue weighted by Gasteiger charge is -1.99. The average molecular weight is 232 g/mol. The molecule has 0 fully saturated rings. The first kappa shape index (κ1) is 16.2. The van der Waals surface area contributed by atoms with Crippen molar-refractivity contribution in [2.75, 3.05) is 12.8 Å². The quantitative estimate of drug-likeness (QED) is 0.443. The number of anilines is 1. The SMILES string of the molecule is CO/N=C(\C(=O)O)c1nccc(N)n1.O.O. The van der Waals surface area contributed by atoms with Crippen LogP contribution in [0.4, 0.5) is 5.82 Å². The molecular formula is C7H12N4O5. The minimum atomic E-state index is -1.28. The van der Waals surface area contributed by atoms with Crippen molar-refractivity contribution in [3.8, 4) is 0 Å². The summed E-state index contributed by atoms with van der Waals surface area (Å²) in [4.78, 5) is 22.4. The maximum absolute atomic E-state index is 10.7. The Kier molecular flexibility index (Phi) is 7.17. The molecule has 0 aromatic carbocycles. The zero-order valence-electron chi connectivity index (χ0n) is 8.34. The Labute approximate surface area is 90.2 Å². The van der Waals surface area contributed by atoms with Gasteiger partial charge in [-0.15, -0.1) is 0 Å². The summed E-state index contributed by atoms with van der Waals surface area (Å²) in [5.41, 5.74) is 4.96.